The molecule has 0 saturated heterocycles. The van der Waals surface area contributed by atoms with Gasteiger partial charge in [0.15, 0.2) is 0 Å². The van der Waals surface area contributed by atoms with Gasteiger partial charge in [0.25, 0.3) is 10.2 Å². The van der Waals surface area contributed by atoms with Crippen molar-refractivity contribution in [3.63, 3.8) is 0 Å². The van der Waals surface area contributed by atoms with Gasteiger partial charge in [0.1, 0.15) is 0 Å². The zero-order chi connectivity index (χ0) is 15.3. The third kappa shape index (κ3) is 4.31. The van der Waals surface area contributed by atoms with E-state index in [-0.39, 0.29) is 6.54 Å². The van der Waals surface area contributed by atoms with Crippen LogP contribution in [0.3, 0.4) is 0 Å². The molecule has 0 fully saturated rings. The highest BCUT2D eigenvalue weighted by molar-refractivity contribution is 7.87. The van der Waals surface area contributed by atoms with Crippen molar-refractivity contribution in [3.8, 4) is 0 Å². The standard InChI is InChI=1S/C12H18Cl2N2O3S/c1-3-16(4-2)20(18,19)15-8-11(17)12-9(13)6-5-7-10(12)14/h5-7,11,15,17H,3-4,8H2,1-2H3/t11-/m1/s1. The second-order valence-corrected chi connectivity index (χ2v) is 6.66. The Hall–Kier alpha value is -0.370. The van der Waals surface area contributed by atoms with Crippen LogP contribution in [-0.4, -0.2) is 37.5 Å². The molecule has 0 spiro atoms. The molecule has 1 rings (SSSR count). The van der Waals surface area contributed by atoms with Crippen LogP contribution >= 0.6 is 23.2 Å². The number of halogens is 2. The Morgan fingerprint density at radius 1 is 1.25 bits per heavy atom. The number of rotatable bonds is 7. The fourth-order valence-electron chi connectivity index (χ4n) is 1.77. The summed E-state index contributed by atoms with van der Waals surface area (Å²) in [5.74, 6) is 0. The Kier molecular flexibility index (Phi) is 6.71. The first-order chi connectivity index (χ1) is 9.33. The van der Waals surface area contributed by atoms with Crippen molar-refractivity contribution in [3.05, 3.63) is 33.8 Å². The number of aliphatic hydroxyl groups excluding tert-OH is 1. The molecule has 0 radical (unpaired) electrons. The van der Waals surface area contributed by atoms with Gasteiger partial charge in [-0.25, -0.2) is 0 Å². The molecule has 8 heteroatoms. The lowest BCUT2D eigenvalue weighted by molar-refractivity contribution is 0.181. The van der Waals surface area contributed by atoms with Gasteiger partial charge in [-0.2, -0.15) is 17.4 Å². The van der Waals surface area contributed by atoms with Crippen molar-refractivity contribution in [1.29, 1.82) is 0 Å². The number of hydrogen-bond donors (Lipinski definition) is 2. The quantitative estimate of drug-likeness (QED) is 0.799. The smallest absolute Gasteiger partial charge is 0.279 e. The number of benzene rings is 1. The minimum atomic E-state index is -3.61. The minimum absolute atomic E-state index is 0.192. The van der Waals surface area contributed by atoms with Crippen molar-refractivity contribution >= 4 is 33.4 Å². The van der Waals surface area contributed by atoms with E-state index in [1.807, 2.05) is 0 Å². The molecule has 1 atom stereocenters. The zero-order valence-electron chi connectivity index (χ0n) is 11.3. The number of hydrogen-bond acceptors (Lipinski definition) is 3. The van der Waals surface area contributed by atoms with E-state index >= 15 is 0 Å². The molecule has 0 saturated carbocycles. The van der Waals surface area contributed by atoms with Crippen LogP contribution in [0.4, 0.5) is 0 Å². The van der Waals surface area contributed by atoms with E-state index in [0.29, 0.717) is 28.7 Å². The van der Waals surface area contributed by atoms with Crippen molar-refractivity contribution in [1.82, 2.24) is 9.03 Å². The average molecular weight is 341 g/mol. The van der Waals surface area contributed by atoms with Gasteiger partial charge >= 0.3 is 0 Å². The van der Waals surface area contributed by atoms with E-state index in [9.17, 15) is 13.5 Å². The first kappa shape index (κ1) is 17.7. The van der Waals surface area contributed by atoms with E-state index in [1.54, 1.807) is 32.0 Å². The van der Waals surface area contributed by atoms with E-state index in [2.05, 4.69) is 4.72 Å². The predicted molar refractivity (Wildman–Crippen MR) is 81.3 cm³/mol. The van der Waals surface area contributed by atoms with E-state index in [1.165, 1.54) is 4.31 Å². The fourth-order valence-corrected chi connectivity index (χ4v) is 3.65. The summed E-state index contributed by atoms with van der Waals surface area (Å²) in [4.78, 5) is 0. The molecule has 1 aromatic carbocycles. The normalized spacial score (nSPS) is 13.7. The summed E-state index contributed by atoms with van der Waals surface area (Å²) < 4.78 is 27.5. The van der Waals surface area contributed by atoms with Gasteiger partial charge in [0, 0.05) is 35.2 Å². The maximum atomic E-state index is 11.9. The minimum Gasteiger partial charge on any atom is -0.387 e. The molecule has 0 amide bonds. The first-order valence-corrected chi connectivity index (χ1v) is 8.39. The first-order valence-electron chi connectivity index (χ1n) is 6.20. The van der Waals surface area contributed by atoms with Gasteiger partial charge in [-0.1, -0.05) is 43.1 Å². The summed E-state index contributed by atoms with van der Waals surface area (Å²) in [6.07, 6.45) is -1.11. The Labute approximate surface area is 129 Å². The molecule has 1 aromatic rings. The van der Waals surface area contributed by atoms with Crippen LogP contribution < -0.4 is 4.72 Å². The number of nitrogens with one attached hydrogen (secondary N) is 1. The second kappa shape index (κ2) is 7.59. The molecule has 0 aliphatic rings. The van der Waals surface area contributed by atoms with Gasteiger partial charge < -0.3 is 5.11 Å². The summed E-state index contributed by atoms with van der Waals surface area (Å²) in [6.45, 7) is 4.00. The van der Waals surface area contributed by atoms with Crippen molar-refractivity contribution in [2.24, 2.45) is 0 Å². The number of aliphatic hydroxyl groups is 1. The zero-order valence-corrected chi connectivity index (χ0v) is 13.6. The third-order valence-corrected chi connectivity index (χ3v) is 5.22. The van der Waals surface area contributed by atoms with Gasteiger partial charge in [-0.15, -0.1) is 0 Å². The monoisotopic (exact) mass is 340 g/mol. The molecule has 0 aromatic heterocycles. The Morgan fingerprint density at radius 2 is 1.75 bits per heavy atom. The lowest BCUT2D eigenvalue weighted by Gasteiger charge is -2.21. The summed E-state index contributed by atoms with van der Waals surface area (Å²) in [5, 5.41) is 10.7. The van der Waals surface area contributed by atoms with Gasteiger partial charge in [-0.05, 0) is 12.1 Å². The molecule has 0 heterocycles. The lowest BCUT2D eigenvalue weighted by atomic mass is 10.1. The Balaban J connectivity index is 2.80. The van der Waals surface area contributed by atoms with Crippen LogP contribution in [0.15, 0.2) is 18.2 Å². The van der Waals surface area contributed by atoms with Crippen LogP contribution in [-0.2, 0) is 10.2 Å². The second-order valence-electron chi connectivity index (χ2n) is 4.09. The molecule has 114 valence electrons. The van der Waals surface area contributed by atoms with Gasteiger partial charge in [-0.3, -0.25) is 0 Å². The molecule has 20 heavy (non-hydrogen) atoms. The molecular formula is C12H18Cl2N2O3S. The molecule has 0 aliphatic carbocycles. The predicted octanol–water partition coefficient (Wildman–Crippen LogP) is 2.20. The van der Waals surface area contributed by atoms with Crippen LogP contribution in [0.5, 0.6) is 0 Å². The van der Waals surface area contributed by atoms with Crippen LogP contribution in [0, 0.1) is 0 Å². The average Bonchev–Trinajstić information content (AvgIpc) is 2.37. The highest BCUT2D eigenvalue weighted by atomic mass is 35.5. The molecule has 5 nitrogen and oxygen atoms in total. The van der Waals surface area contributed by atoms with Crippen molar-refractivity contribution in [2.75, 3.05) is 19.6 Å². The van der Waals surface area contributed by atoms with Crippen LogP contribution in [0.25, 0.3) is 0 Å². The molecule has 0 unspecified atom stereocenters. The largest absolute Gasteiger partial charge is 0.387 e. The summed E-state index contributed by atoms with van der Waals surface area (Å²) in [7, 11) is -3.61. The number of nitrogens with zero attached hydrogens (tertiary/aromatic N) is 1. The van der Waals surface area contributed by atoms with Crippen LogP contribution in [0.2, 0.25) is 10.0 Å². The highest BCUT2D eigenvalue weighted by Crippen LogP contribution is 2.29. The maximum Gasteiger partial charge on any atom is 0.279 e. The van der Waals surface area contributed by atoms with Crippen molar-refractivity contribution < 1.29 is 13.5 Å². The lowest BCUT2D eigenvalue weighted by Crippen LogP contribution is -2.42. The fraction of sp³-hybridized carbons (Fsp3) is 0.500. The molecule has 0 aliphatic heterocycles. The molecular weight excluding hydrogens is 323 g/mol. The maximum absolute atomic E-state index is 11.9. The Bertz CT molecular complexity index is 527. The SMILES string of the molecule is CCN(CC)S(=O)(=O)NC[C@@H](O)c1c(Cl)cccc1Cl. The highest BCUT2D eigenvalue weighted by Gasteiger charge is 2.22. The topological polar surface area (TPSA) is 69.6 Å². The van der Waals surface area contributed by atoms with Gasteiger partial charge in [0.2, 0.25) is 0 Å². The summed E-state index contributed by atoms with van der Waals surface area (Å²) in [6, 6.07) is 4.83. The van der Waals surface area contributed by atoms with E-state index in [4.69, 9.17) is 23.2 Å². The third-order valence-electron chi connectivity index (χ3n) is 2.84. The molecule has 2 N–H and O–H groups in total. The van der Waals surface area contributed by atoms with Gasteiger partial charge in [0.05, 0.1) is 6.10 Å². The van der Waals surface area contributed by atoms with Crippen LogP contribution in [0.1, 0.15) is 25.5 Å². The van der Waals surface area contributed by atoms with Crippen molar-refractivity contribution in [2.45, 2.75) is 20.0 Å². The molecule has 0 bridgehead atoms. The van der Waals surface area contributed by atoms with E-state index < -0.39 is 16.3 Å². The summed E-state index contributed by atoms with van der Waals surface area (Å²) >= 11 is 11.9. The van der Waals surface area contributed by atoms with E-state index in [0.717, 1.165) is 0 Å². The Morgan fingerprint density at radius 3 is 2.20 bits per heavy atom. The summed E-state index contributed by atoms with van der Waals surface area (Å²) in [5.41, 5.74) is 0.318.